The van der Waals surface area contributed by atoms with Crippen LogP contribution in [0, 0.1) is 0 Å². The SMILES string of the molecule is CCCCCCCCCCCC(Cl)c1cc(Br)sc1Br. The fourth-order valence-electron chi connectivity index (χ4n) is 2.36. The summed E-state index contributed by atoms with van der Waals surface area (Å²) in [6.07, 6.45) is 13.4. The molecule has 0 amide bonds. The third kappa shape index (κ3) is 7.82. The molecule has 116 valence electrons. The van der Waals surface area contributed by atoms with Gasteiger partial charge in [0.1, 0.15) is 0 Å². The van der Waals surface area contributed by atoms with Crippen LogP contribution in [0.2, 0.25) is 0 Å². The zero-order valence-corrected chi connectivity index (χ0v) is 17.0. The van der Waals surface area contributed by atoms with Crippen LogP contribution in [0.1, 0.15) is 82.1 Å². The second-order valence-electron chi connectivity index (χ2n) is 5.36. The summed E-state index contributed by atoms with van der Waals surface area (Å²) in [4.78, 5) is 0. The predicted molar refractivity (Wildman–Crippen MR) is 100 cm³/mol. The molecule has 1 aromatic heterocycles. The molecule has 0 aromatic carbocycles. The van der Waals surface area contributed by atoms with E-state index < -0.39 is 0 Å². The summed E-state index contributed by atoms with van der Waals surface area (Å²) in [5.74, 6) is 0. The monoisotopic (exact) mass is 442 g/mol. The van der Waals surface area contributed by atoms with Gasteiger partial charge in [0.15, 0.2) is 0 Å². The Morgan fingerprint density at radius 3 is 2.05 bits per heavy atom. The van der Waals surface area contributed by atoms with Gasteiger partial charge in [-0.25, -0.2) is 0 Å². The van der Waals surface area contributed by atoms with Crippen LogP contribution in [0.25, 0.3) is 0 Å². The Bertz CT molecular complexity index is 365. The molecule has 0 aliphatic rings. The van der Waals surface area contributed by atoms with Crippen molar-refractivity contribution in [1.82, 2.24) is 0 Å². The molecule has 0 N–H and O–H groups in total. The summed E-state index contributed by atoms with van der Waals surface area (Å²) in [7, 11) is 0. The van der Waals surface area contributed by atoms with E-state index in [-0.39, 0.29) is 5.38 Å². The number of rotatable bonds is 11. The topological polar surface area (TPSA) is 0 Å². The smallest absolute Gasteiger partial charge is 0.0757 e. The van der Waals surface area contributed by atoms with Crippen molar-refractivity contribution < 1.29 is 0 Å². The predicted octanol–water partition coefficient (Wildman–Crippen LogP) is 8.47. The number of alkyl halides is 1. The fraction of sp³-hybridized carbons (Fsp3) is 0.750. The van der Waals surface area contributed by atoms with E-state index in [9.17, 15) is 0 Å². The Morgan fingerprint density at radius 2 is 1.55 bits per heavy atom. The van der Waals surface area contributed by atoms with Crippen molar-refractivity contribution in [3.63, 3.8) is 0 Å². The first-order valence-corrected chi connectivity index (χ1v) is 10.6. The number of thiophene rings is 1. The summed E-state index contributed by atoms with van der Waals surface area (Å²) in [5, 5.41) is 0.150. The number of halogens is 3. The van der Waals surface area contributed by atoms with Crippen LogP contribution in [-0.4, -0.2) is 0 Å². The Kier molecular flexibility index (Phi) is 10.9. The highest BCUT2D eigenvalue weighted by atomic mass is 79.9. The highest BCUT2D eigenvalue weighted by Gasteiger charge is 2.14. The number of hydrogen-bond acceptors (Lipinski definition) is 1. The van der Waals surface area contributed by atoms with E-state index in [0.29, 0.717) is 0 Å². The molecule has 0 saturated carbocycles. The molecule has 0 aliphatic carbocycles. The molecular weight excluding hydrogens is 420 g/mol. The minimum atomic E-state index is 0.150. The second-order valence-corrected chi connectivity index (χ2v) is 9.64. The van der Waals surface area contributed by atoms with Crippen molar-refractivity contribution in [3.8, 4) is 0 Å². The highest BCUT2D eigenvalue weighted by molar-refractivity contribution is 9.12. The van der Waals surface area contributed by atoms with Gasteiger partial charge >= 0.3 is 0 Å². The molecule has 0 aliphatic heterocycles. The van der Waals surface area contributed by atoms with E-state index in [1.807, 2.05) is 0 Å². The summed E-state index contributed by atoms with van der Waals surface area (Å²) >= 11 is 15.3. The van der Waals surface area contributed by atoms with Crippen molar-refractivity contribution in [2.24, 2.45) is 0 Å². The molecule has 1 aromatic rings. The standard InChI is InChI=1S/C16H25Br2ClS/c1-2-3-4-5-6-7-8-9-10-11-14(19)13-12-15(17)20-16(13)18/h12,14H,2-11H2,1H3. The van der Waals surface area contributed by atoms with Gasteiger partial charge in [0.25, 0.3) is 0 Å². The maximum absolute atomic E-state index is 6.48. The lowest BCUT2D eigenvalue weighted by Gasteiger charge is -2.08. The fourth-order valence-corrected chi connectivity index (χ4v) is 5.85. The molecule has 0 bridgehead atoms. The van der Waals surface area contributed by atoms with Gasteiger partial charge in [-0.15, -0.1) is 22.9 Å². The van der Waals surface area contributed by atoms with E-state index in [1.165, 1.54) is 67.1 Å². The van der Waals surface area contributed by atoms with Gasteiger partial charge in [-0.1, -0.05) is 64.7 Å². The first kappa shape index (κ1) is 19.0. The molecular formula is C16H25Br2ClS. The zero-order chi connectivity index (χ0) is 14.8. The average molecular weight is 445 g/mol. The molecule has 1 unspecified atom stereocenters. The van der Waals surface area contributed by atoms with Gasteiger partial charge in [-0.05, 0) is 49.9 Å². The van der Waals surface area contributed by atoms with Gasteiger partial charge in [0.2, 0.25) is 0 Å². The van der Waals surface area contributed by atoms with Crippen molar-refractivity contribution in [3.05, 3.63) is 19.2 Å². The first-order chi connectivity index (χ1) is 9.65. The van der Waals surface area contributed by atoms with Gasteiger partial charge in [-0.2, -0.15) is 0 Å². The molecule has 0 spiro atoms. The summed E-state index contributed by atoms with van der Waals surface area (Å²) < 4.78 is 2.32. The van der Waals surface area contributed by atoms with E-state index >= 15 is 0 Å². The Morgan fingerprint density at radius 1 is 1.00 bits per heavy atom. The van der Waals surface area contributed by atoms with E-state index in [0.717, 1.165) is 10.2 Å². The van der Waals surface area contributed by atoms with E-state index in [4.69, 9.17) is 11.6 Å². The molecule has 1 heterocycles. The third-order valence-corrected chi connectivity index (χ3v) is 6.42. The summed E-state index contributed by atoms with van der Waals surface area (Å²) in [6.45, 7) is 2.27. The van der Waals surface area contributed by atoms with Gasteiger partial charge in [0, 0.05) is 0 Å². The lowest BCUT2D eigenvalue weighted by atomic mass is 10.0. The van der Waals surface area contributed by atoms with Crippen LogP contribution in [0.3, 0.4) is 0 Å². The molecule has 0 radical (unpaired) electrons. The van der Waals surface area contributed by atoms with E-state index in [2.05, 4.69) is 44.8 Å². The van der Waals surface area contributed by atoms with Crippen molar-refractivity contribution in [2.75, 3.05) is 0 Å². The summed E-state index contributed by atoms with van der Waals surface area (Å²) in [6, 6.07) is 2.14. The van der Waals surface area contributed by atoms with E-state index in [1.54, 1.807) is 11.3 Å². The lowest BCUT2D eigenvalue weighted by Crippen LogP contribution is -1.90. The largest absolute Gasteiger partial charge is 0.121 e. The van der Waals surface area contributed by atoms with Gasteiger partial charge in [0.05, 0.1) is 12.9 Å². The normalized spacial score (nSPS) is 12.8. The number of hydrogen-bond donors (Lipinski definition) is 0. The molecule has 1 atom stereocenters. The van der Waals surface area contributed by atoms with Crippen LogP contribution in [0.15, 0.2) is 13.6 Å². The Labute approximate surface area is 149 Å². The van der Waals surface area contributed by atoms with Crippen LogP contribution in [-0.2, 0) is 0 Å². The summed E-state index contributed by atoms with van der Waals surface area (Å²) in [5.41, 5.74) is 1.24. The molecule has 0 saturated heterocycles. The zero-order valence-electron chi connectivity index (χ0n) is 12.3. The van der Waals surface area contributed by atoms with Crippen molar-refractivity contribution in [2.45, 2.75) is 76.5 Å². The molecule has 4 heteroatoms. The third-order valence-electron chi connectivity index (χ3n) is 3.58. The van der Waals surface area contributed by atoms with Gasteiger partial charge in [-0.3, -0.25) is 0 Å². The maximum Gasteiger partial charge on any atom is 0.0757 e. The van der Waals surface area contributed by atoms with Crippen LogP contribution in [0.5, 0.6) is 0 Å². The lowest BCUT2D eigenvalue weighted by molar-refractivity contribution is 0.554. The average Bonchev–Trinajstić information content (AvgIpc) is 2.75. The first-order valence-electron chi connectivity index (χ1n) is 7.74. The van der Waals surface area contributed by atoms with Crippen LogP contribution in [0.4, 0.5) is 0 Å². The highest BCUT2D eigenvalue weighted by Crippen LogP contribution is 2.39. The minimum Gasteiger partial charge on any atom is -0.121 e. The Balaban J connectivity index is 2.02. The Hall–Kier alpha value is 0.950. The molecule has 0 fully saturated rings. The van der Waals surface area contributed by atoms with Crippen LogP contribution < -0.4 is 0 Å². The van der Waals surface area contributed by atoms with Crippen LogP contribution >= 0.6 is 54.8 Å². The second kappa shape index (κ2) is 11.5. The van der Waals surface area contributed by atoms with Gasteiger partial charge < -0.3 is 0 Å². The van der Waals surface area contributed by atoms with Crippen molar-refractivity contribution in [1.29, 1.82) is 0 Å². The molecule has 1 rings (SSSR count). The van der Waals surface area contributed by atoms with Crippen molar-refractivity contribution >= 4 is 54.8 Å². The maximum atomic E-state index is 6.48. The quantitative estimate of drug-likeness (QED) is 0.237. The molecule has 20 heavy (non-hydrogen) atoms. The molecule has 0 nitrogen and oxygen atoms in total. The minimum absolute atomic E-state index is 0.150. The number of unbranched alkanes of at least 4 members (excludes halogenated alkanes) is 8.